The molecule has 1 rings (SSSR count). The van der Waals surface area contributed by atoms with Crippen LogP contribution in [-0.4, -0.2) is 11.0 Å². The van der Waals surface area contributed by atoms with Crippen LogP contribution in [0, 0.1) is 6.07 Å². The van der Waals surface area contributed by atoms with E-state index in [1.165, 1.54) is 0 Å². The number of benzene rings is 1. The fourth-order valence-electron chi connectivity index (χ4n) is 0.782. The zero-order chi connectivity index (χ0) is 12.4. The third kappa shape index (κ3) is 5.55. The van der Waals surface area contributed by atoms with Crippen LogP contribution in [0.1, 0.15) is 0 Å². The molecule has 0 bridgehead atoms. The second kappa shape index (κ2) is 4.79. The van der Waals surface area contributed by atoms with Gasteiger partial charge in [-0.2, -0.15) is 26.3 Å². The highest BCUT2D eigenvalue weighted by atomic mass is 32.2. The molecular weight excluding hydrogens is 274 g/mol. The minimum absolute atomic E-state index is 0.195. The highest BCUT2D eigenvalue weighted by molar-refractivity contribution is 8.00. The average molecular weight is 277 g/mol. The maximum absolute atomic E-state index is 11.9. The summed E-state index contributed by atoms with van der Waals surface area (Å²) in [7, 11) is 0. The van der Waals surface area contributed by atoms with E-state index in [0.29, 0.717) is 0 Å². The highest BCUT2D eigenvalue weighted by Gasteiger charge is 2.31. The molecule has 0 N–H and O–H groups in total. The molecule has 1 aromatic rings. The monoisotopic (exact) mass is 277 g/mol. The first-order valence-electron chi connectivity index (χ1n) is 3.69. The topological polar surface area (TPSA) is 0 Å². The van der Waals surface area contributed by atoms with Crippen molar-refractivity contribution in [2.24, 2.45) is 0 Å². The molecule has 0 amide bonds. The Morgan fingerprint density at radius 3 is 1.81 bits per heavy atom. The van der Waals surface area contributed by atoms with Gasteiger partial charge < -0.3 is 0 Å². The van der Waals surface area contributed by atoms with Gasteiger partial charge in [0.05, 0.1) is 0 Å². The Kier molecular flexibility index (Phi) is 4.06. The Morgan fingerprint density at radius 1 is 0.875 bits per heavy atom. The minimum atomic E-state index is -4.46. The van der Waals surface area contributed by atoms with Gasteiger partial charge >= 0.3 is 11.0 Å². The molecule has 0 aliphatic heterocycles. The van der Waals surface area contributed by atoms with Gasteiger partial charge in [0.1, 0.15) is 0 Å². The summed E-state index contributed by atoms with van der Waals surface area (Å²) in [6, 6.07) is 4.94. The van der Waals surface area contributed by atoms with Crippen molar-refractivity contribution in [3.63, 3.8) is 0 Å². The van der Waals surface area contributed by atoms with Gasteiger partial charge in [0.15, 0.2) is 0 Å². The molecule has 0 unspecified atom stereocenters. The van der Waals surface area contributed by atoms with Gasteiger partial charge in [0.25, 0.3) is 0 Å². The van der Waals surface area contributed by atoms with Crippen LogP contribution in [0.3, 0.4) is 0 Å². The predicted molar refractivity (Wildman–Crippen MR) is 49.1 cm³/mol. The van der Waals surface area contributed by atoms with Gasteiger partial charge in [-0.05, 0) is 47.8 Å². The molecule has 0 fully saturated rings. The molecule has 0 atom stereocenters. The smallest absolute Gasteiger partial charge is 0.160 e. The van der Waals surface area contributed by atoms with Crippen molar-refractivity contribution in [1.29, 1.82) is 0 Å². The summed E-state index contributed by atoms with van der Waals surface area (Å²) in [6.07, 6.45) is 0. The van der Waals surface area contributed by atoms with E-state index in [-0.39, 0.29) is 9.79 Å². The van der Waals surface area contributed by atoms with Crippen LogP contribution in [0.25, 0.3) is 0 Å². The zero-order valence-corrected chi connectivity index (χ0v) is 8.95. The molecule has 1 radical (unpaired) electrons. The van der Waals surface area contributed by atoms with Crippen molar-refractivity contribution in [3.05, 3.63) is 24.3 Å². The van der Waals surface area contributed by atoms with Crippen molar-refractivity contribution < 1.29 is 26.3 Å². The summed E-state index contributed by atoms with van der Waals surface area (Å²) in [6.45, 7) is 0. The van der Waals surface area contributed by atoms with Crippen molar-refractivity contribution in [1.82, 2.24) is 0 Å². The van der Waals surface area contributed by atoms with Crippen LogP contribution in [-0.2, 0) is 0 Å². The Bertz CT molecular complexity index is 304. The molecule has 0 heterocycles. The minimum Gasteiger partial charge on any atom is -0.160 e. The van der Waals surface area contributed by atoms with Gasteiger partial charge in [-0.3, -0.25) is 0 Å². The third-order valence-electron chi connectivity index (χ3n) is 1.21. The van der Waals surface area contributed by atoms with Crippen molar-refractivity contribution >= 4 is 23.5 Å². The lowest BCUT2D eigenvalue weighted by Crippen LogP contribution is -2.00. The summed E-state index contributed by atoms with van der Waals surface area (Å²) in [5.41, 5.74) is -8.91. The second-order valence-corrected chi connectivity index (χ2v) is 4.73. The maximum atomic E-state index is 11.9. The third-order valence-corrected chi connectivity index (χ3v) is 2.64. The lowest BCUT2D eigenvalue weighted by Gasteiger charge is -2.07. The predicted octanol–water partition coefficient (Wildman–Crippen LogP) is 4.71. The van der Waals surface area contributed by atoms with Crippen LogP contribution >= 0.6 is 23.5 Å². The summed E-state index contributed by atoms with van der Waals surface area (Å²) in [5, 5.41) is 0. The van der Waals surface area contributed by atoms with Gasteiger partial charge in [0.2, 0.25) is 0 Å². The number of rotatable bonds is 2. The van der Waals surface area contributed by atoms with Crippen LogP contribution < -0.4 is 0 Å². The van der Waals surface area contributed by atoms with E-state index in [4.69, 9.17) is 0 Å². The van der Waals surface area contributed by atoms with Gasteiger partial charge in [-0.15, -0.1) is 0 Å². The SMILES string of the molecule is FC(F)(F)Sc1[c]cc(SC(F)(F)F)cc1. The molecule has 0 aromatic heterocycles. The molecule has 0 saturated heterocycles. The number of hydrogen-bond acceptors (Lipinski definition) is 2. The van der Waals surface area contributed by atoms with E-state index in [1.807, 2.05) is 0 Å². The summed E-state index contributed by atoms with van der Waals surface area (Å²) in [4.78, 5) is -0.460. The van der Waals surface area contributed by atoms with Crippen LogP contribution in [0.2, 0.25) is 0 Å². The molecule has 8 heteroatoms. The van der Waals surface area contributed by atoms with Crippen LogP contribution in [0.4, 0.5) is 26.3 Å². The number of halogens is 6. The van der Waals surface area contributed by atoms with Crippen molar-refractivity contribution in [2.75, 3.05) is 0 Å². The fourth-order valence-corrected chi connectivity index (χ4v) is 1.81. The molecular formula is C8H3F6S2. The van der Waals surface area contributed by atoms with E-state index >= 15 is 0 Å². The zero-order valence-electron chi connectivity index (χ0n) is 7.32. The normalized spacial score (nSPS) is 12.9. The Labute approximate surface area is 95.4 Å². The quantitative estimate of drug-likeness (QED) is 0.567. The lowest BCUT2D eigenvalue weighted by molar-refractivity contribution is -0.0338. The molecule has 89 valence electrons. The van der Waals surface area contributed by atoms with Crippen LogP contribution in [0.15, 0.2) is 28.0 Å². The molecule has 0 nitrogen and oxygen atoms in total. The van der Waals surface area contributed by atoms with Crippen LogP contribution in [0.5, 0.6) is 0 Å². The maximum Gasteiger partial charge on any atom is 0.446 e. The Hall–Kier alpha value is -0.500. The standard InChI is InChI=1S/C8H3F6S2/c9-7(10,11)15-5-1-2-6(4-3-5)16-8(12,13)14/h1-3H. The Balaban J connectivity index is 2.69. The molecule has 0 spiro atoms. The van der Waals surface area contributed by atoms with E-state index in [0.717, 1.165) is 18.2 Å². The molecule has 16 heavy (non-hydrogen) atoms. The number of thioether (sulfide) groups is 2. The van der Waals surface area contributed by atoms with Gasteiger partial charge in [-0.25, -0.2) is 0 Å². The average Bonchev–Trinajstić information content (AvgIpc) is 2.03. The van der Waals surface area contributed by atoms with Crippen molar-refractivity contribution in [3.8, 4) is 0 Å². The first-order valence-corrected chi connectivity index (χ1v) is 5.32. The van der Waals surface area contributed by atoms with Gasteiger partial charge in [-0.1, -0.05) is 0 Å². The number of hydrogen-bond donors (Lipinski definition) is 0. The highest BCUT2D eigenvalue weighted by Crippen LogP contribution is 2.39. The van der Waals surface area contributed by atoms with E-state index in [9.17, 15) is 26.3 Å². The molecule has 0 saturated carbocycles. The fraction of sp³-hybridized carbons (Fsp3) is 0.250. The first-order chi connectivity index (χ1) is 7.16. The van der Waals surface area contributed by atoms with E-state index in [2.05, 4.69) is 6.07 Å². The Morgan fingerprint density at radius 2 is 1.44 bits per heavy atom. The largest absolute Gasteiger partial charge is 0.446 e. The second-order valence-electron chi connectivity index (χ2n) is 2.48. The summed E-state index contributed by atoms with van der Waals surface area (Å²) < 4.78 is 71.2. The van der Waals surface area contributed by atoms with Gasteiger partial charge in [0, 0.05) is 9.79 Å². The van der Waals surface area contributed by atoms with E-state index in [1.54, 1.807) is 0 Å². The summed E-state index contributed by atoms with van der Waals surface area (Å²) in [5.74, 6) is 0. The molecule has 1 aromatic carbocycles. The molecule has 0 aliphatic rings. The first kappa shape index (κ1) is 13.6. The molecule has 0 aliphatic carbocycles. The van der Waals surface area contributed by atoms with E-state index < -0.39 is 34.5 Å². The summed E-state index contributed by atoms with van der Waals surface area (Å²) >= 11 is -0.813. The van der Waals surface area contributed by atoms with Crippen molar-refractivity contribution in [2.45, 2.75) is 20.8 Å². The number of alkyl halides is 6. The lowest BCUT2D eigenvalue weighted by atomic mass is 10.4.